The predicted molar refractivity (Wildman–Crippen MR) is 125 cm³/mol. The lowest BCUT2D eigenvalue weighted by Gasteiger charge is -2.16. The van der Waals surface area contributed by atoms with Crippen molar-refractivity contribution in [1.29, 1.82) is 0 Å². The average Bonchev–Trinajstić information content (AvgIpc) is 2.64. The molecule has 0 saturated heterocycles. The molecule has 0 rings (SSSR count). The van der Waals surface area contributed by atoms with Gasteiger partial charge in [0.1, 0.15) is 0 Å². The summed E-state index contributed by atoms with van der Waals surface area (Å²) in [7, 11) is 0. The highest BCUT2D eigenvalue weighted by Gasteiger charge is 2.12. The van der Waals surface area contributed by atoms with E-state index < -0.39 is 5.60 Å². The van der Waals surface area contributed by atoms with Crippen molar-refractivity contribution in [3.8, 4) is 0 Å². The van der Waals surface area contributed by atoms with Gasteiger partial charge in [0.25, 0.3) is 11.8 Å². The van der Waals surface area contributed by atoms with Crippen molar-refractivity contribution >= 4 is 23.4 Å². The first-order valence-electron chi connectivity index (χ1n) is 9.28. The number of amides is 2. The Balaban J connectivity index is 0. The maximum absolute atomic E-state index is 12.3. The highest BCUT2D eigenvalue weighted by atomic mass is 35.5. The van der Waals surface area contributed by atoms with Gasteiger partial charge in [-0.05, 0) is 39.0 Å². The second kappa shape index (κ2) is 17.9. The Morgan fingerprint density at radius 3 is 2.39 bits per heavy atom. The SMILES string of the molecule is C=C/C(=C\C=C\C(C)(C)O)C(=O)NC(C)CC(=C)NC(=O)CO/C=C/C=C/Cl.C=CF. The summed E-state index contributed by atoms with van der Waals surface area (Å²) < 4.78 is 15.1. The maximum Gasteiger partial charge on any atom is 0.261 e. The van der Waals surface area contributed by atoms with E-state index in [9.17, 15) is 19.1 Å². The second-order valence-corrected chi connectivity index (χ2v) is 6.93. The van der Waals surface area contributed by atoms with Crippen LogP contribution in [0.25, 0.3) is 0 Å². The van der Waals surface area contributed by atoms with Gasteiger partial charge in [0, 0.05) is 29.3 Å². The number of ether oxygens (including phenoxy) is 1. The molecule has 0 aliphatic heterocycles. The fourth-order valence-corrected chi connectivity index (χ4v) is 1.99. The number of carbonyl (C=O) groups is 2. The normalized spacial score (nSPS) is 12.8. The van der Waals surface area contributed by atoms with Crippen LogP contribution in [-0.2, 0) is 14.3 Å². The Labute approximate surface area is 189 Å². The number of halogens is 2. The zero-order valence-electron chi connectivity index (χ0n) is 18.2. The van der Waals surface area contributed by atoms with Crippen molar-refractivity contribution in [2.45, 2.75) is 38.8 Å². The quantitative estimate of drug-likeness (QED) is 0.232. The number of hydrogen-bond donors (Lipinski definition) is 3. The van der Waals surface area contributed by atoms with Crippen LogP contribution in [0.1, 0.15) is 27.2 Å². The van der Waals surface area contributed by atoms with E-state index >= 15 is 0 Å². The molecule has 0 aromatic rings. The highest BCUT2D eigenvalue weighted by molar-refractivity contribution is 6.25. The summed E-state index contributed by atoms with van der Waals surface area (Å²) in [6.45, 7) is 15.0. The summed E-state index contributed by atoms with van der Waals surface area (Å²) in [5, 5.41) is 15.1. The van der Waals surface area contributed by atoms with Gasteiger partial charge in [-0.15, -0.1) is 0 Å². The summed E-state index contributed by atoms with van der Waals surface area (Å²) in [6.07, 6.45) is 11.2. The zero-order valence-corrected chi connectivity index (χ0v) is 19.0. The first-order chi connectivity index (χ1) is 14.5. The summed E-state index contributed by atoms with van der Waals surface area (Å²) in [6, 6.07) is -0.267. The van der Waals surface area contributed by atoms with Crippen molar-refractivity contribution in [1.82, 2.24) is 10.6 Å². The van der Waals surface area contributed by atoms with Crippen molar-refractivity contribution in [3.05, 3.63) is 85.6 Å². The minimum absolute atomic E-state index is 0.163. The third-order valence-corrected chi connectivity index (χ3v) is 3.23. The first kappa shape index (κ1) is 30.3. The molecule has 0 spiro atoms. The molecule has 2 amide bonds. The molecular formula is C23H32ClFN2O4. The van der Waals surface area contributed by atoms with Gasteiger partial charge < -0.3 is 20.5 Å². The molecule has 1 atom stereocenters. The topological polar surface area (TPSA) is 87.7 Å². The second-order valence-electron chi connectivity index (χ2n) is 6.68. The molecule has 31 heavy (non-hydrogen) atoms. The Kier molecular flexibility index (Phi) is 17.5. The van der Waals surface area contributed by atoms with E-state index in [2.05, 4.69) is 30.4 Å². The van der Waals surface area contributed by atoms with Gasteiger partial charge >= 0.3 is 0 Å². The Morgan fingerprint density at radius 2 is 1.87 bits per heavy atom. The van der Waals surface area contributed by atoms with Gasteiger partial charge in [0.2, 0.25) is 0 Å². The molecule has 8 heteroatoms. The lowest BCUT2D eigenvalue weighted by atomic mass is 10.1. The third-order valence-electron chi connectivity index (χ3n) is 3.08. The number of rotatable bonds is 12. The van der Waals surface area contributed by atoms with Gasteiger partial charge in [-0.2, -0.15) is 0 Å². The highest BCUT2D eigenvalue weighted by Crippen LogP contribution is 2.06. The van der Waals surface area contributed by atoms with Crippen LogP contribution < -0.4 is 10.6 Å². The molecule has 0 fully saturated rings. The van der Waals surface area contributed by atoms with Crippen molar-refractivity contribution in [3.63, 3.8) is 0 Å². The summed E-state index contributed by atoms with van der Waals surface area (Å²) in [4.78, 5) is 24.0. The van der Waals surface area contributed by atoms with Crippen LogP contribution in [-0.4, -0.2) is 35.2 Å². The van der Waals surface area contributed by atoms with E-state index in [1.54, 1.807) is 51.2 Å². The number of aliphatic hydroxyl groups is 1. The van der Waals surface area contributed by atoms with Crippen LogP contribution in [0.4, 0.5) is 4.39 Å². The fraction of sp³-hybridized carbons (Fsp3) is 0.304. The number of carbonyl (C=O) groups excluding carboxylic acids is 2. The monoisotopic (exact) mass is 454 g/mol. The van der Waals surface area contributed by atoms with Crippen LogP contribution in [0, 0.1) is 0 Å². The largest absolute Gasteiger partial charge is 0.491 e. The minimum Gasteiger partial charge on any atom is -0.491 e. The molecule has 0 bridgehead atoms. The fourth-order valence-electron chi connectivity index (χ4n) is 1.90. The summed E-state index contributed by atoms with van der Waals surface area (Å²) in [5.74, 6) is -0.672. The summed E-state index contributed by atoms with van der Waals surface area (Å²) in [5.41, 5.74) is 1.15. The molecule has 0 aromatic heterocycles. The predicted octanol–water partition coefficient (Wildman–Crippen LogP) is 4.33. The Morgan fingerprint density at radius 1 is 1.26 bits per heavy atom. The molecule has 0 saturated carbocycles. The molecule has 0 aliphatic rings. The molecule has 3 N–H and O–H groups in total. The minimum atomic E-state index is -0.969. The number of nitrogens with one attached hydrogen (secondary N) is 2. The van der Waals surface area contributed by atoms with Gasteiger partial charge in [0.05, 0.1) is 18.2 Å². The molecule has 0 heterocycles. The van der Waals surface area contributed by atoms with Crippen LogP contribution in [0.15, 0.2) is 85.6 Å². The van der Waals surface area contributed by atoms with Crippen molar-refractivity contribution < 1.29 is 23.8 Å². The summed E-state index contributed by atoms with van der Waals surface area (Å²) >= 11 is 5.34. The Hall–Kier alpha value is -2.90. The molecular weight excluding hydrogens is 423 g/mol. The standard InChI is InChI=1S/C21H29ClN2O4.C2H3F/c1-6-18(10-9-11-21(4,5)27)20(26)24-17(3)14-16(2)23-19(25)15-28-13-8-7-12-22;1-2-3/h6-13,17,27H,1-2,14-15H2,3-5H3,(H,23,25)(H,24,26);2H,1H2/b11-9+,12-7+,13-8+,18-10+;. The van der Waals surface area contributed by atoms with E-state index in [-0.39, 0.29) is 30.8 Å². The Bertz CT molecular complexity index is 720. The van der Waals surface area contributed by atoms with E-state index in [0.29, 0.717) is 17.7 Å². The molecule has 6 nitrogen and oxygen atoms in total. The van der Waals surface area contributed by atoms with Gasteiger partial charge in [-0.25, -0.2) is 4.39 Å². The van der Waals surface area contributed by atoms with Gasteiger partial charge in [0.15, 0.2) is 6.61 Å². The number of hydrogen-bond acceptors (Lipinski definition) is 4. The third kappa shape index (κ3) is 20.2. The van der Waals surface area contributed by atoms with Crippen LogP contribution in [0.5, 0.6) is 0 Å². The van der Waals surface area contributed by atoms with E-state index in [4.69, 9.17) is 16.3 Å². The molecule has 0 aromatic carbocycles. The smallest absolute Gasteiger partial charge is 0.261 e. The number of allylic oxidation sites excluding steroid dienone is 4. The maximum atomic E-state index is 12.3. The lowest BCUT2D eigenvalue weighted by molar-refractivity contribution is -0.123. The van der Waals surface area contributed by atoms with Gasteiger partial charge in [-0.3, -0.25) is 9.59 Å². The zero-order chi connectivity index (χ0) is 24.3. The molecule has 1 unspecified atom stereocenters. The average molecular weight is 455 g/mol. The van der Waals surface area contributed by atoms with Crippen LogP contribution in [0.2, 0.25) is 0 Å². The van der Waals surface area contributed by atoms with E-state index in [0.717, 1.165) is 0 Å². The molecule has 0 aliphatic carbocycles. The van der Waals surface area contributed by atoms with Crippen molar-refractivity contribution in [2.24, 2.45) is 0 Å². The first-order valence-corrected chi connectivity index (χ1v) is 9.71. The van der Waals surface area contributed by atoms with E-state index in [1.807, 2.05) is 0 Å². The van der Waals surface area contributed by atoms with Crippen LogP contribution >= 0.6 is 11.6 Å². The van der Waals surface area contributed by atoms with E-state index in [1.165, 1.54) is 17.9 Å². The lowest BCUT2D eigenvalue weighted by Crippen LogP contribution is -2.36. The molecule has 172 valence electrons. The van der Waals surface area contributed by atoms with Crippen LogP contribution in [0.3, 0.4) is 0 Å². The van der Waals surface area contributed by atoms with Gasteiger partial charge in [-0.1, -0.05) is 49.6 Å². The molecule has 0 radical (unpaired) electrons. The van der Waals surface area contributed by atoms with Crippen molar-refractivity contribution in [2.75, 3.05) is 6.61 Å².